The first-order chi connectivity index (χ1) is 10.0. The first kappa shape index (κ1) is 14.4. The molecule has 21 heavy (non-hydrogen) atoms. The fraction of sp³-hybridized carbons (Fsp3) is 0.588. The van der Waals surface area contributed by atoms with Gasteiger partial charge in [0, 0.05) is 13.1 Å². The average Bonchev–Trinajstić information content (AvgIpc) is 2.79. The number of guanidine groups is 1. The lowest BCUT2D eigenvalue weighted by atomic mass is 9.72. The summed E-state index contributed by atoms with van der Waals surface area (Å²) < 4.78 is 0. The van der Waals surface area contributed by atoms with Crippen LogP contribution in [0.4, 0.5) is 0 Å². The Kier molecular flexibility index (Phi) is 3.66. The van der Waals surface area contributed by atoms with Crippen LogP contribution in [-0.2, 0) is 5.54 Å². The molecule has 1 aromatic rings. The molecule has 1 aliphatic heterocycles. The maximum absolute atomic E-state index is 6.22. The molecule has 0 bridgehead atoms. The Morgan fingerprint density at radius 3 is 2.90 bits per heavy atom. The smallest absolute Gasteiger partial charge is 0.192 e. The lowest BCUT2D eigenvalue weighted by Gasteiger charge is -2.45. The molecule has 0 aromatic heterocycles. The third-order valence-corrected chi connectivity index (χ3v) is 5.05. The van der Waals surface area contributed by atoms with E-state index in [0.717, 1.165) is 26.1 Å². The lowest BCUT2D eigenvalue weighted by Crippen LogP contribution is -2.53. The van der Waals surface area contributed by atoms with Crippen LogP contribution in [0, 0.1) is 0 Å². The Balaban J connectivity index is 1.98. The van der Waals surface area contributed by atoms with Crippen LogP contribution in [0.5, 0.6) is 0 Å². The second-order valence-electron chi connectivity index (χ2n) is 6.69. The molecule has 4 nitrogen and oxygen atoms in total. The van der Waals surface area contributed by atoms with E-state index in [0.29, 0.717) is 11.9 Å². The van der Waals surface area contributed by atoms with E-state index in [1.54, 1.807) is 0 Å². The van der Waals surface area contributed by atoms with E-state index in [1.165, 1.54) is 17.5 Å². The fourth-order valence-electron chi connectivity index (χ4n) is 3.77. The summed E-state index contributed by atoms with van der Waals surface area (Å²) in [6.07, 6.45) is 2.35. The van der Waals surface area contributed by atoms with Gasteiger partial charge in [0.1, 0.15) is 0 Å². The summed E-state index contributed by atoms with van der Waals surface area (Å²) in [5.74, 6) is 1.34. The highest BCUT2D eigenvalue weighted by atomic mass is 15.4. The highest BCUT2D eigenvalue weighted by Crippen LogP contribution is 2.46. The molecule has 1 heterocycles. The van der Waals surface area contributed by atoms with E-state index >= 15 is 0 Å². The van der Waals surface area contributed by atoms with Crippen molar-refractivity contribution in [2.24, 2.45) is 10.7 Å². The van der Waals surface area contributed by atoms with Crippen molar-refractivity contribution in [3.8, 4) is 0 Å². The number of nitrogens with two attached hydrogens (primary N) is 1. The van der Waals surface area contributed by atoms with Crippen molar-refractivity contribution in [3.05, 3.63) is 35.4 Å². The molecule has 3 rings (SSSR count). The number of rotatable bonds is 3. The molecule has 0 radical (unpaired) electrons. The number of hydrogen-bond donors (Lipinski definition) is 1. The number of aliphatic imine (C=N–C) groups is 1. The van der Waals surface area contributed by atoms with Gasteiger partial charge in [0.25, 0.3) is 0 Å². The SMILES string of the molecule is CC1CCC2(CN=C(N)N2CCN(C)C)c2ccccc21. The summed E-state index contributed by atoms with van der Waals surface area (Å²) in [7, 11) is 4.21. The van der Waals surface area contributed by atoms with Crippen molar-refractivity contribution in [1.29, 1.82) is 0 Å². The Labute approximate surface area is 127 Å². The number of fused-ring (bicyclic) bond motifs is 2. The van der Waals surface area contributed by atoms with Gasteiger partial charge >= 0.3 is 0 Å². The molecule has 1 spiro atoms. The van der Waals surface area contributed by atoms with Gasteiger partial charge in [-0.2, -0.15) is 0 Å². The van der Waals surface area contributed by atoms with Gasteiger partial charge in [-0.05, 0) is 44.0 Å². The van der Waals surface area contributed by atoms with Gasteiger partial charge in [0.05, 0.1) is 12.1 Å². The standard InChI is InChI=1S/C17H26N4/c1-13-8-9-17(15-7-5-4-6-14(13)15)12-19-16(18)21(17)11-10-20(2)3/h4-7,13H,8-12H2,1-3H3,(H2,18,19). The predicted octanol–water partition coefficient (Wildman–Crippen LogP) is 1.97. The van der Waals surface area contributed by atoms with E-state index in [2.05, 4.69) is 60.1 Å². The van der Waals surface area contributed by atoms with E-state index < -0.39 is 0 Å². The molecular weight excluding hydrogens is 260 g/mol. The molecule has 0 fully saturated rings. The van der Waals surface area contributed by atoms with Crippen LogP contribution in [0.15, 0.2) is 29.3 Å². The van der Waals surface area contributed by atoms with Crippen molar-refractivity contribution >= 4 is 5.96 Å². The van der Waals surface area contributed by atoms with Gasteiger partial charge in [-0.25, -0.2) is 0 Å². The Morgan fingerprint density at radius 2 is 2.14 bits per heavy atom. The number of likely N-dealkylation sites (N-methyl/N-ethyl adjacent to an activating group) is 1. The number of benzene rings is 1. The molecule has 0 saturated heterocycles. The molecule has 2 unspecified atom stereocenters. The summed E-state index contributed by atoms with van der Waals surface area (Å²) in [6, 6.07) is 8.86. The van der Waals surface area contributed by atoms with Gasteiger partial charge < -0.3 is 15.5 Å². The van der Waals surface area contributed by atoms with Gasteiger partial charge in [-0.3, -0.25) is 4.99 Å². The topological polar surface area (TPSA) is 44.9 Å². The minimum atomic E-state index is -0.0107. The Bertz CT molecular complexity index is 551. The average molecular weight is 286 g/mol. The first-order valence-electron chi connectivity index (χ1n) is 7.86. The summed E-state index contributed by atoms with van der Waals surface area (Å²) in [4.78, 5) is 9.15. The third kappa shape index (κ3) is 2.31. The monoisotopic (exact) mass is 286 g/mol. The van der Waals surface area contributed by atoms with Crippen molar-refractivity contribution < 1.29 is 0 Å². The fourth-order valence-corrected chi connectivity index (χ4v) is 3.77. The minimum Gasteiger partial charge on any atom is -0.370 e. The van der Waals surface area contributed by atoms with Gasteiger partial charge in [-0.1, -0.05) is 31.2 Å². The van der Waals surface area contributed by atoms with Crippen molar-refractivity contribution in [2.45, 2.75) is 31.2 Å². The quantitative estimate of drug-likeness (QED) is 0.924. The van der Waals surface area contributed by atoms with E-state index in [9.17, 15) is 0 Å². The summed E-state index contributed by atoms with van der Waals surface area (Å²) in [6.45, 7) is 5.06. The molecule has 1 aliphatic carbocycles. The van der Waals surface area contributed by atoms with Crippen LogP contribution >= 0.6 is 0 Å². The number of hydrogen-bond acceptors (Lipinski definition) is 4. The van der Waals surface area contributed by atoms with Gasteiger partial charge in [0.2, 0.25) is 0 Å². The molecule has 2 atom stereocenters. The summed E-state index contributed by atoms with van der Waals surface area (Å²) in [5.41, 5.74) is 9.12. The van der Waals surface area contributed by atoms with Crippen LogP contribution in [0.25, 0.3) is 0 Å². The van der Waals surface area contributed by atoms with Gasteiger partial charge in [0.15, 0.2) is 5.96 Å². The number of nitrogens with zero attached hydrogens (tertiary/aromatic N) is 3. The second-order valence-corrected chi connectivity index (χ2v) is 6.69. The van der Waals surface area contributed by atoms with Crippen molar-refractivity contribution in [3.63, 3.8) is 0 Å². The zero-order valence-electron chi connectivity index (χ0n) is 13.3. The highest BCUT2D eigenvalue weighted by molar-refractivity contribution is 5.81. The first-order valence-corrected chi connectivity index (χ1v) is 7.86. The van der Waals surface area contributed by atoms with Crippen LogP contribution < -0.4 is 5.73 Å². The van der Waals surface area contributed by atoms with Gasteiger partial charge in [-0.15, -0.1) is 0 Å². The lowest BCUT2D eigenvalue weighted by molar-refractivity contribution is 0.155. The van der Waals surface area contributed by atoms with Crippen molar-refractivity contribution in [1.82, 2.24) is 9.80 Å². The van der Waals surface area contributed by atoms with Crippen LogP contribution in [0.3, 0.4) is 0 Å². The zero-order chi connectivity index (χ0) is 15.0. The molecule has 2 N–H and O–H groups in total. The molecule has 114 valence electrons. The Hall–Kier alpha value is -1.55. The van der Waals surface area contributed by atoms with E-state index in [1.807, 2.05) is 0 Å². The maximum atomic E-state index is 6.22. The largest absolute Gasteiger partial charge is 0.370 e. The second kappa shape index (κ2) is 5.34. The predicted molar refractivity (Wildman–Crippen MR) is 87.5 cm³/mol. The van der Waals surface area contributed by atoms with Crippen LogP contribution in [0.2, 0.25) is 0 Å². The summed E-state index contributed by atoms with van der Waals surface area (Å²) in [5, 5.41) is 0. The molecule has 1 aromatic carbocycles. The molecule has 4 heteroatoms. The molecule has 0 saturated carbocycles. The molecular formula is C17H26N4. The Morgan fingerprint density at radius 1 is 1.38 bits per heavy atom. The van der Waals surface area contributed by atoms with E-state index in [-0.39, 0.29) is 5.54 Å². The molecule has 0 amide bonds. The normalized spacial score (nSPS) is 28.1. The van der Waals surface area contributed by atoms with Crippen LogP contribution in [0.1, 0.15) is 36.8 Å². The van der Waals surface area contributed by atoms with E-state index in [4.69, 9.17) is 5.73 Å². The maximum Gasteiger partial charge on any atom is 0.192 e. The van der Waals surface area contributed by atoms with Crippen LogP contribution in [-0.4, -0.2) is 49.5 Å². The highest BCUT2D eigenvalue weighted by Gasteiger charge is 2.47. The minimum absolute atomic E-state index is 0.0107. The summed E-state index contributed by atoms with van der Waals surface area (Å²) >= 11 is 0. The third-order valence-electron chi connectivity index (χ3n) is 5.05. The molecule has 2 aliphatic rings. The van der Waals surface area contributed by atoms with Crippen molar-refractivity contribution in [2.75, 3.05) is 33.7 Å². The zero-order valence-corrected chi connectivity index (χ0v) is 13.3.